The molecule has 0 bridgehead atoms. The Morgan fingerprint density at radius 1 is 0.389 bits per heavy atom. The smallest absolute Gasteiger partial charge is 0.338 e. The molecule has 2 aromatic rings. The van der Waals surface area contributed by atoms with Crippen LogP contribution in [0.5, 0.6) is 0 Å². The number of esters is 2. The molecule has 1 aliphatic carbocycles. The lowest BCUT2D eigenvalue weighted by atomic mass is 9.88. The molecule has 7 nitrogen and oxygen atoms in total. The van der Waals surface area contributed by atoms with Crippen LogP contribution >= 0.6 is 0 Å². The summed E-state index contributed by atoms with van der Waals surface area (Å²) in [4.78, 5) is 33.9. The van der Waals surface area contributed by atoms with Gasteiger partial charge in [-0.3, -0.25) is 4.99 Å². The molecule has 0 aromatic heterocycles. The fraction of sp³-hybridized carbons (Fsp3) is 0.747. The summed E-state index contributed by atoms with van der Waals surface area (Å²) in [6.07, 6.45) is 67.3. The molecular formula is C83H138N2O5. The number of carbonyl (C=O) groups excluding carboxylic acids is 2. The summed E-state index contributed by atoms with van der Waals surface area (Å²) in [7, 11) is 0. The molecule has 90 heavy (non-hydrogen) atoms. The zero-order chi connectivity index (χ0) is 64.2. The zero-order valence-electron chi connectivity index (χ0n) is 59.6. The van der Waals surface area contributed by atoms with Crippen LogP contribution in [0.4, 0.5) is 5.69 Å². The number of benzene rings is 3. The third-order valence-corrected chi connectivity index (χ3v) is 19.2. The molecule has 1 heterocycles. The number of unbranched alkanes of at least 4 members (excludes halogenated alkanes) is 48. The van der Waals surface area contributed by atoms with Crippen molar-refractivity contribution in [2.24, 2.45) is 4.99 Å². The minimum atomic E-state index is -0.410. The Morgan fingerprint density at radius 2 is 0.767 bits per heavy atom. The monoisotopic (exact) mass is 1240 g/mol. The molecule has 1 N–H and O–H groups in total. The average Bonchev–Trinajstić information content (AvgIpc) is 0.751. The quantitative estimate of drug-likeness (QED) is 0.0269. The Bertz CT molecular complexity index is 2450. The van der Waals surface area contributed by atoms with Crippen molar-refractivity contribution in [3.8, 4) is 22.5 Å². The molecule has 0 radical (unpaired) electrons. The van der Waals surface area contributed by atoms with Crippen molar-refractivity contribution < 1.29 is 23.5 Å². The number of ether oxygens (including phenoxy) is 2. The van der Waals surface area contributed by atoms with Crippen LogP contribution in [0.3, 0.4) is 0 Å². The van der Waals surface area contributed by atoms with Crippen LogP contribution in [-0.4, -0.2) is 38.2 Å². The highest BCUT2D eigenvalue weighted by Gasteiger charge is 2.26. The second-order valence-corrected chi connectivity index (χ2v) is 27.6. The van der Waals surface area contributed by atoms with E-state index in [0.29, 0.717) is 24.3 Å². The molecule has 0 spiro atoms. The molecule has 1 aliphatic heterocycles. The molecule has 0 unspecified atom stereocenters. The first-order valence-corrected chi connectivity index (χ1v) is 39.1. The van der Waals surface area contributed by atoms with Crippen LogP contribution in [0.1, 0.15) is 393 Å². The van der Waals surface area contributed by atoms with Crippen molar-refractivity contribution in [2.75, 3.05) is 31.6 Å². The van der Waals surface area contributed by atoms with E-state index in [-0.39, 0.29) is 0 Å². The predicted molar refractivity (Wildman–Crippen MR) is 390 cm³/mol. The number of rotatable bonds is 60. The van der Waals surface area contributed by atoms with Crippen LogP contribution in [0, 0.1) is 13.8 Å². The number of hydrogen-bond acceptors (Lipinski definition) is 7. The molecule has 0 saturated carbocycles. The predicted octanol–water partition coefficient (Wildman–Crippen LogP) is 26.8. The van der Waals surface area contributed by atoms with Crippen molar-refractivity contribution in [1.82, 2.24) is 0 Å². The third kappa shape index (κ3) is 34.7. The first-order valence-electron chi connectivity index (χ1n) is 39.1. The minimum Gasteiger partial charge on any atom is -0.462 e. The fourth-order valence-corrected chi connectivity index (χ4v) is 13.3. The highest BCUT2D eigenvalue weighted by atomic mass is 16.5. The topological polar surface area (TPSA) is 90.1 Å². The van der Waals surface area contributed by atoms with Crippen LogP contribution in [-0.2, 0) is 9.47 Å². The molecule has 510 valence electrons. The lowest BCUT2D eigenvalue weighted by Crippen LogP contribution is -2.13. The molecule has 0 amide bonds. The summed E-state index contributed by atoms with van der Waals surface area (Å²) >= 11 is 0. The Labute approximate surface area is 553 Å². The van der Waals surface area contributed by atoms with Gasteiger partial charge in [-0.15, -0.1) is 0 Å². The normalized spacial score (nSPS) is 11.9. The molecule has 0 fully saturated rings. The number of nitrogens with zero attached hydrogens (tertiary/aromatic N) is 1. The fourth-order valence-electron chi connectivity index (χ4n) is 13.3. The number of hydrogen-bond donors (Lipinski definition) is 1. The summed E-state index contributed by atoms with van der Waals surface area (Å²) in [6.45, 7) is 15.9. The lowest BCUT2D eigenvalue weighted by Gasteiger charge is -2.20. The highest BCUT2D eigenvalue weighted by molar-refractivity contribution is 6.09. The first-order chi connectivity index (χ1) is 44.3. The number of nitrogens with one attached hydrogen (secondary N) is 1. The van der Waals surface area contributed by atoms with Gasteiger partial charge in [-0.25, -0.2) is 9.59 Å². The largest absolute Gasteiger partial charge is 0.462 e. The third-order valence-electron chi connectivity index (χ3n) is 19.2. The maximum atomic E-state index is 14.8. The zero-order valence-corrected chi connectivity index (χ0v) is 59.6. The van der Waals surface area contributed by atoms with Crippen LogP contribution in [0.2, 0.25) is 0 Å². The summed E-state index contributed by atoms with van der Waals surface area (Å²) in [5.41, 5.74) is 7.29. The maximum absolute atomic E-state index is 14.8. The molecule has 0 atom stereocenters. The molecule has 0 saturated heterocycles. The molecule has 2 aliphatic rings. The highest BCUT2D eigenvalue weighted by Crippen LogP contribution is 2.43. The van der Waals surface area contributed by atoms with Gasteiger partial charge in [-0.2, -0.15) is 0 Å². The van der Waals surface area contributed by atoms with E-state index in [1.807, 2.05) is 12.1 Å². The second-order valence-electron chi connectivity index (χ2n) is 27.6. The van der Waals surface area contributed by atoms with E-state index >= 15 is 0 Å². The van der Waals surface area contributed by atoms with E-state index in [9.17, 15) is 9.59 Å². The molecule has 4 rings (SSSR count). The Kier molecular flexibility index (Phi) is 46.3. The standard InChI is InChI=1S/C83H138N2O5/c1-7-11-15-19-23-27-31-33-35-37-39-41-45-49-53-57-63-88-82(86)72-59-60-73(74(67-72)83(87)89-64-58-54-50-46-42-40-38-36-34-32-28-24-20-16-12-8-2)81-75-65-70(5)77(84-61-55-51-47-43-29-25-21-17-13-9-3)68-79(75)90-80-69-78(71(6)66-76(80)81)85-62-56-52-48-44-30-26-22-18-14-10-4/h59-60,65-69,84H,7-58,61-64H2,1-6H3/b85-78-. The number of anilines is 1. The van der Waals surface area contributed by atoms with Gasteiger partial charge in [0.05, 0.1) is 29.7 Å². The SMILES string of the molecule is CCCCCCCCCCCCCCCCCCOC(=O)c1ccc(-c2c3cc(C)/c(=N\CCCCCCCCCCCC)cc-3oc3cc(NCCCCCCCCCCCC)c(C)cc23)c(C(=O)OCCCCCCCCCCCCCCCCCC)c1. The summed E-state index contributed by atoms with van der Waals surface area (Å²) in [6, 6.07) is 14.2. The van der Waals surface area contributed by atoms with Crippen molar-refractivity contribution in [3.63, 3.8) is 0 Å². The van der Waals surface area contributed by atoms with E-state index in [1.54, 1.807) is 6.07 Å². The van der Waals surface area contributed by atoms with Crippen molar-refractivity contribution in [2.45, 2.75) is 375 Å². The van der Waals surface area contributed by atoms with Crippen LogP contribution < -0.4 is 10.7 Å². The van der Waals surface area contributed by atoms with E-state index in [2.05, 4.69) is 71.1 Å². The minimum absolute atomic E-state index is 0.340. The van der Waals surface area contributed by atoms with E-state index < -0.39 is 11.9 Å². The number of aryl methyl sites for hydroxylation is 2. The van der Waals surface area contributed by atoms with Crippen LogP contribution in [0.15, 0.2) is 51.9 Å². The van der Waals surface area contributed by atoms with Gasteiger partial charge in [0.25, 0.3) is 0 Å². The first kappa shape index (κ1) is 78.3. The van der Waals surface area contributed by atoms with E-state index in [1.165, 1.54) is 283 Å². The van der Waals surface area contributed by atoms with Crippen molar-refractivity contribution >= 4 is 28.6 Å². The summed E-state index contributed by atoms with van der Waals surface area (Å²) in [5, 5.41) is 5.65. The van der Waals surface area contributed by atoms with E-state index in [0.717, 1.165) is 120 Å². The van der Waals surface area contributed by atoms with Gasteiger partial charge >= 0.3 is 11.9 Å². The van der Waals surface area contributed by atoms with Gasteiger partial charge < -0.3 is 19.2 Å². The summed E-state index contributed by atoms with van der Waals surface area (Å²) in [5.74, 6) is -0.0818. The number of carbonyl (C=O) groups is 2. The molecule has 2 aromatic carbocycles. The maximum Gasteiger partial charge on any atom is 0.338 e. The molecular weight excluding hydrogens is 1100 g/mol. The van der Waals surface area contributed by atoms with Gasteiger partial charge in [0.2, 0.25) is 0 Å². The Morgan fingerprint density at radius 3 is 1.19 bits per heavy atom. The van der Waals surface area contributed by atoms with Gasteiger partial charge in [0, 0.05) is 47.4 Å². The summed E-state index contributed by atoms with van der Waals surface area (Å²) < 4.78 is 19.2. The second kappa shape index (κ2) is 53.3. The number of fused-ring (bicyclic) bond motifs is 2. The van der Waals surface area contributed by atoms with Crippen molar-refractivity contribution in [1.29, 1.82) is 0 Å². The van der Waals surface area contributed by atoms with Crippen molar-refractivity contribution in [3.05, 3.63) is 70.1 Å². The Hall–Kier alpha value is -4.13. The van der Waals surface area contributed by atoms with Crippen LogP contribution in [0.25, 0.3) is 33.4 Å². The van der Waals surface area contributed by atoms with Gasteiger partial charge in [0.15, 0.2) is 0 Å². The van der Waals surface area contributed by atoms with Gasteiger partial charge in [-0.1, -0.05) is 342 Å². The lowest BCUT2D eigenvalue weighted by molar-refractivity contribution is 0.0496. The van der Waals surface area contributed by atoms with Gasteiger partial charge in [0.1, 0.15) is 11.3 Å². The van der Waals surface area contributed by atoms with Gasteiger partial charge in [-0.05, 0) is 80.5 Å². The Balaban J connectivity index is 1.50. The van der Waals surface area contributed by atoms with E-state index in [4.69, 9.17) is 18.9 Å². The molecule has 7 heteroatoms. The average molecular weight is 1240 g/mol.